The van der Waals surface area contributed by atoms with Crippen molar-refractivity contribution in [3.63, 3.8) is 0 Å². The van der Waals surface area contributed by atoms with Crippen LogP contribution in [0.3, 0.4) is 0 Å². The molecule has 1 heterocycles. The van der Waals surface area contributed by atoms with Gasteiger partial charge in [0.2, 0.25) is 0 Å². The van der Waals surface area contributed by atoms with Gasteiger partial charge in [-0.2, -0.15) is 0 Å². The van der Waals surface area contributed by atoms with Gasteiger partial charge in [0, 0.05) is 10.0 Å². The molecular weight excluding hydrogens is 333 g/mol. The van der Waals surface area contributed by atoms with Crippen LogP contribution in [0.4, 0.5) is 10.1 Å². The van der Waals surface area contributed by atoms with E-state index in [1.165, 1.54) is 12.1 Å². The second kappa shape index (κ2) is 4.51. The van der Waals surface area contributed by atoms with Gasteiger partial charge in [0.05, 0.1) is 16.2 Å². The SMILES string of the molecule is Nc1cc(Br)cc2[nH]c(-c3ccc(F)c(Cl)c3)nc12. The van der Waals surface area contributed by atoms with Crippen molar-refractivity contribution < 1.29 is 4.39 Å². The summed E-state index contributed by atoms with van der Waals surface area (Å²) >= 11 is 9.14. The number of nitrogens with zero attached hydrogens (tertiary/aromatic N) is 1. The van der Waals surface area contributed by atoms with Crippen LogP contribution in [0.1, 0.15) is 0 Å². The van der Waals surface area contributed by atoms with Gasteiger partial charge in [0.25, 0.3) is 0 Å². The molecule has 3 nitrogen and oxygen atoms in total. The number of anilines is 1. The average molecular weight is 341 g/mol. The van der Waals surface area contributed by atoms with E-state index in [0.717, 1.165) is 9.99 Å². The maximum Gasteiger partial charge on any atom is 0.141 e. The number of nitrogen functional groups attached to an aromatic ring is 1. The van der Waals surface area contributed by atoms with Crippen molar-refractivity contribution in [3.8, 4) is 11.4 Å². The number of benzene rings is 2. The van der Waals surface area contributed by atoms with Crippen molar-refractivity contribution in [3.05, 3.63) is 45.6 Å². The second-order valence-electron chi connectivity index (χ2n) is 4.11. The summed E-state index contributed by atoms with van der Waals surface area (Å²) in [6.07, 6.45) is 0. The fourth-order valence-electron chi connectivity index (χ4n) is 1.89. The molecule has 0 saturated heterocycles. The highest BCUT2D eigenvalue weighted by Crippen LogP contribution is 2.29. The second-order valence-corrected chi connectivity index (χ2v) is 5.43. The molecule has 0 bridgehead atoms. The fraction of sp³-hybridized carbons (Fsp3) is 0. The van der Waals surface area contributed by atoms with Crippen LogP contribution in [0.5, 0.6) is 0 Å². The van der Waals surface area contributed by atoms with E-state index in [4.69, 9.17) is 17.3 Å². The summed E-state index contributed by atoms with van der Waals surface area (Å²) in [6, 6.07) is 8.12. The summed E-state index contributed by atoms with van der Waals surface area (Å²) in [5, 5.41) is 0.0621. The zero-order valence-corrected chi connectivity index (χ0v) is 11.9. The van der Waals surface area contributed by atoms with Crippen molar-refractivity contribution in [1.82, 2.24) is 9.97 Å². The lowest BCUT2D eigenvalue weighted by atomic mass is 10.2. The number of halogens is 3. The lowest BCUT2D eigenvalue weighted by Gasteiger charge is -1.98. The number of aromatic amines is 1. The third-order valence-electron chi connectivity index (χ3n) is 2.77. The molecule has 1 aromatic heterocycles. The van der Waals surface area contributed by atoms with Crippen molar-refractivity contribution in [1.29, 1.82) is 0 Å². The van der Waals surface area contributed by atoms with Gasteiger partial charge in [-0.05, 0) is 30.3 Å². The predicted octanol–water partition coefficient (Wildman–Crippen LogP) is 4.37. The molecule has 0 amide bonds. The maximum atomic E-state index is 13.1. The number of aromatic nitrogens is 2. The van der Waals surface area contributed by atoms with Gasteiger partial charge in [-0.15, -0.1) is 0 Å². The van der Waals surface area contributed by atoms with Crippen LogP contribution >= 0.6 is 27.5 Å². The molecule has 3 N–H and O–H groups in total. The highest BCUT2D eigenvalue weighted by atomic mass is 79.9. The van der Waals surface area contributed by atoms with E-state index in [2.05, 4.69) is 25.9 Å². The van der Waals surface area contributed by atoms with E-state index < -0.39 is 5.82 Å². The summed E-state index contributed by atoms with van der Waals surface area (Å²) in [4.78, 5) is 7.55. The van der Waals surface area contributed by atoms with Crippen molar-refractivity contribution in [2.75, 3.05) is 5.73 Å². The molecule has 0 saturated carbocycles. The zero-order chi connectivity index (χ0) is 13.6. The van der Waals surface area contributed by atoms with Crippen LogP contribution in [0.25, 0.3) is 22.4 Å². The first-order valence-electron chi connectivity index (χ1n) is 5.45. The standard InChI is InChI=1S/C13H8BrClFN3/c14-7-4-10(17)12-11(5-7)18-13(19-12)6-1-2-9(16)8(15)3-6/h1-5H,17H2,(H,18,19). The van der Waals surface area contributed by atoms with Crippen molar-refractivity contribution in [2.24, 2.45) is 0 Å². The summed E-state index contributed by atoms with van der Waals surface area (Å²) in [5.74, 6) is 0.144. The highest BCUT2D eigenvalue weighted by Gasteiger charge is 2.10. The Hall–Kier alpha value is -1.59. The van der Waals surface area contributed by atoms with E-state index in [1.54, 1.807) is 12.1 Å². The largest absolute Gasteiger partial charge is 0.397 e. The van der Waals surface area contributed by atoms with Crippen LogP contribution in [0, 0.1) is 5.82 Å². The first kappa shape index (κ1) is 12.4. The number of nitrogens with one attached hydrogen (secondary N) is 1. The Kier molecular flexibility index (Phi) is 2.95. The molecule has 6 heteroatoms. The summed E-state index contributed by atoms with van der Waals surface area (Å²) in [5.41, 5.74) is 8.67. The molecule has 19 heavy (non-hydrogen) atoms. The van der Waals surface area contributed by atoms with Gasteiger partial charge in [-0.1, -0.05) is 27.5 Å². The Morgan fingerprint density at radius 2 is 2.05 bits per heavy atom. The summed E-state index contributed by atoms with van der Waals surface area (Å²) < 4.78 is 14.0. The molecule has 0 aliphatic carbocycles. The quantitative estimate of drug-likeness (QED) is 0.646. The van der Waals surface area contributed by atoms with Crippen LogP contribution in [-0.4, -0.2) is 9.97 Å². The molecular formula is C13H8BrClFN3. The van der Waals surface area contributed by atoms with Gasteiger partial charge >= 0.3 is 0 Å². The molecule has 0 spiro atoms. The Morgan fingerprint density at radius 3 is 2.79 bits per heavy atom. The molecule has 0 aliphatic heterocycles. The molecule has 0 fully saturated rings. The van der Waals surface area contributed by atoms with E-state index >= 15 is 0 Å². The van der Waals surface area contributed by atoms with E-state index in [1.807, 2.05) is 6.07 Å². The van der Waals surface area contributed by atoms with Gasteiger partial charge in [-0.25, -0.2) is 9.37 Å². The number of rotatable bonds is 1. The Morgan fingerprint density at radius 1 is 1.26 bits per heavy atom. The van der Waals surface area contributed by atoms with Crippen LogP contribution < -0.4 is 5.73 Å². The molecule has 2 aromatic carbocycles. The first-order chi connectivity index (χ1) is 9.04. The Labute approximate surface area is 121 Å². The fourth-order valence-corrected chi connectivity index (χ4v) is 2.54. The molecule has 0 radical (unpaired) electrons. The highest BCUT2D eigenvalue weighted by molar-refractivity contribution is 9.10. The van der Waals surface area contributed by atoms with Gasteiger partial charge < -0.3 is 10.7 Å². The minimum atomic E-state index is -0.455. The lowest BCUT2D eigenvalue weighted by molar-refractivity contribution is 0.628. The summed E-state index contributed by atoms with van der Waals surface area (Å²) in [6.45, 7) is 0. The number of hydrogen-bond acceptors (Lipinski definition) is 2. The van der Waals surface area contributed by atoms with Crippen LogP contribution in [-0.2, 0) is 0 Å². The molecule has 0 unspecified atom stereocenters. The molecule has 96 valence electrons. The monoisotopic (exact) mass is 339 g/mol. The third kappa shape index (κ3) is 2.19. The first-order valence-corrected chi connectivity index (χ1v) is 6.62. The van der Waals surface area contributed by atoms with E-state index in [9.17, 15) is 4.39 Å². The number of hydrogen-bond donors (Lipinski definition) is 2. The molecule has 0 aliphatic rings. The topological polar surface area (TPSA) is 54.7 Å². The predicted molar refractivity (Wildman–Crippen MR) is 78.6 cm³/mol. The number of imidazole rings is 1. The lowest BCUT2D eigenvalue weighted by Crippen LogP contribution is -1.86. The smallest absolute Gasteiger partial charge is 0.141 e. The number of nitrogens with two attached hydrogens (primary N) is 1. The average Bonchev–Trinajstić information content (AvgIpc) is 2.76. The van der Waals surface area contributed by atoms with Gasteiger partial charge in [-0.3, -0.25) is 0 Å². The summed E-state index contributed by atoms with van der Waals surface area (Å²) in [7, 11) is 0. The number of H-pyrrole nitrogens is 1. The molecule has 3 aromatic rings. The van der Waals surface area contributed by atoms with Crippen molar-refractivity contribution in [2.45, 2.75) is 0 Å². The third-order valence-corrected chi connectivity index (χ3v) is 3.52. The minimum absolute atomic E-state index is 0.0621. The number of fused-ring (bicyclic) bond motifs is 1. The van der Waals surface area contributed by atoms with E-state index in [0.29, 0.717) is 22.6 Å². The van der Waals surface area contributed by atoms with Crippen molar-refractivity contribution >= 4 is 44.3 Å². The Bertz CT molecular complexity index is 785. The van der Waals surface area contributed by atoms with Crippen LogP contribution in [0.2, 0.25) is 5.02 Å². The van der Waals surface area contributed by atoms with E-state index in [-0.39, 0.29) is 5.02 Å². The maximum absolute atomic E-state index is 13.1. The molecule has 0 atom stereocenters. The normalized spacial score (nSPS) is 11.1. The minimum Gasteiger partial charge on any atom is -0.397 e. The zero-order valence-electron chi connectivity index (χ0n) is 9.55. The van der Waals surface area contributed by atoms with Gasteiger partial charge in [0.15, 0.2) is 0 Å². The Balaban J connectivity index is 2.20. The van der Waals surface area contributed by atoms with Crippen LogP contribution in [0.15, 0.2) is 34.8 Å². The van der Waals surface area contributed by atoms with Gasteiger partial charge in [0.1, 0.15) is 17.2 Å². The molecule has 3 rings (SSSR count).